The van der Waals surface area contributed by atoms with Gasteiger partial charge in [-0.2, -0.15) is 0 Å². The van der Waals surface area contributed by atoms with E-state index in [4.69, 9.17) is 4.74 Å². The molecule has 0 spiro atoms. The van der Waals surface area contributed by atoms with E-state index in [1.165, 1.54) is 5.75 Å². The molecule has 14 heavy (non-hydrogen) atoms. The van der Waals surface area contributed by atoms with E-state index in [0.717, 1.165) is 6.42 Å². The monoisotopic (exact) mass is 217 g/mol. The molecule has 0 saturated carbocycles. The standard InChI is InChI=1S/C11H23NOS/c1-9(2)8-14-11(5,12-9)7-10(3,4)13-6/h12H,7-8H2,1-6H3. The van der Waals surface area contributed by atoms with Crippen LogP contribution in [0.4, 0.5) is 0 Å². The number of ether oxygens (including phenoxy) is 1. The van der Waals surface area contributed by atoms with Crippen molar-refractivity contribution >= 4 is 11.8 Å². The van der Waals surface area contributed by atoms with Gasteiger partial charge in [0.25, 0.3) is 0 Å². The molecule has 1 saturated heterocycles. The molecule has 0 aromatic carbocycles. The first kappa shape index (κ1) is 12.3. The average molecular weight is 217 g/mol. The highest BCUT2D eigenvalue weighted by Crippen LogP contribution is 2.40. The summed E-state index contributed by atoms with van der Waals surface area (Å²) in [4.78, 5) is 0.156. The molecular weight excluding hydrogens is 194 g/mol. The van der Waals surface area contributed by atoms with Gasteiger partial charge in [0.15, 0.2) is 0 Å². The topological polar surface area (TPSA) is 21.3 Å². The fraction of sp³-hybridized carbons (Fsp3) is 1.00. The summed E-state index contributed by atoms with van der Waals surface area (Å²) in [5, 5.41) is 3.68. The quantitative estimate of drug-likeness (QED) is 0.785. The van der Waals surface area contributed by atoms with E-state index in [1.807, 2.05) is 11.8 Å². The maximum Gasteiger partial charge on any atom is 0.0649 e. The summed E-state index contributed by atoms with van der Waals surface area (Å²) in [6.45, 7) is 11.1. The van der Waals surface area contributed by atoms with Crippen LogP contribution in [0.2, 0.25) is 0 Å². The van der Waals surface area contributed by atoms with Crippen LogP contribution in [0.1, 0.15) is 41.0 Å². The molecule has 0 aliphatic carbocycles. The van der Waals surface area contributed by atoms with Crippen LogP contribution < -0.4 is 5.32 Å². The third kappa shape index (κ3) is 3.14. The highest BCUT2D eigenvalue weighted by Gasteiger charge is 2.42. The molecule has 1 unspecified atom stereocenters. The number of rotatable bonds is 3. The number of methoxy groups -OCH3 is 1. The molecule has 1 fully saturated rings. The third-order valence-electron chi connectivity index (χ3n) is 2.67. The molecule has 1 heterocycles. The molecule has 0 amide bonds. The van der Waals surface area contributed by atoms with Gasteiger partial charge in [-0.25, -0.2) is 0 Å². The van der Waals surface area contributed by atoms with Crippen molar-refractivity contribution in [1.29, 1.82) is 0 Å². The van der Waals surface area contributed by atoms with Crippen LogP contribution in [0, 0.1) is 0 Å². The Kier molecular flexibility index (Phi) is 3.25. The van der Waals surface area contributed by atoms with Crippen LogP contribution in [0.5, 0.6) is 0 Å². The van der Waals surface area contributed by atoms with Crippen molar-refractivity contribution in [2.24, 2.45) is 0 Å². The lowest BCUT2D eigenvalue weighted by Gasteiger charge is -2.35. The van der Waals surface area contributed by atoms with Gasteiger partial charge in [0.2, 0.25) is 0 Å². The lowest BCUT2D eigenvalue weighted by atomic mass is 9.97. The lowest BCUT2D eigenvalue weighted by Crippen LogP contribution is -2.48. The van der Waals surface area contributed by atoms with Gasteiger partial charge in [-0.15, -0.1) is 11.8 Å². The zero-order valence-electron chi connectivity index (χ0n) is 10.2. The van der Waals surface area contributed by atoms with Gasteiger partial charge in [-0.1, -0.05) is 0 Å². The Bertz CT molecular complexity index is 215. The predicted octanol–water partition coefficient (Wildman–Crippen LogP) is 2.63. The van der Waals surface area contributed by atoms with Gasteiger partial charge in [0.1, 0.15) is 0 Å². The molecule has 2 nitrogen and oxygen atoms in total. The second-order valence-corrected chi connectivity index (χ2v) is 7.15. The SMILES string of the molecule is COC(C)(C)CC1(C)NC(C)(C)CS1. The van der Waals surface area contributed by atoms with E-state index in [9.17, 15) is 0 Å². The van der Waals surface area contributed by atoms with E-state index in [1.54, 1.807) is 7.11 Å². The second-order valence-electron chi connectivity index (χ2n) is 5.67. The van der Waals surface area contributed by atoms with E-state index in [2.05, 4.69) is 39.9 Å². The first-order chi connectivity index (χ1) is 6.18. The minimum atomic E-state index is -0.0465. The van der Waals surface area contributed by atoms with Gasteiger partial charge in [-0.3, -0.25) is 5.32 Å². The van der Waals surface area contributed by atoms with E-state index in [-0.39, 0.29) is 16.0 Å². The number of thioether (sulfide) groups is 1. The van der Waals surface area contributed by atoms with Crippen molar-refractivity contribution in [3.63, 3.8) is 0 Å². The van der Waals surface area contributed by atoms with Crippen LogP contribution in [0.25, 0.3) is 0 Å². The Balaban J connectivity index is 2.61. The molecule has 1 aliphatic heterocycles. The summed E-state index contributed by atoms with van der Waals surface area (Å²) in [5.41, 5.74) is 0.207. The highest BCUT2D eigenvalue weighted by molar-refractivity contribution is 8.00. The molecule has 0 aromatic heterocycles. The zero-order valence-corrected chi connectivity index (χ0v) is 11.0. The minimum Gasteiger partial charge on any atom is -0.379 e. The Labute approximate surface area is 92.2 Å². The van der Waals surface area contributed by atoms with E-state index in [0.29, 0.717) is 0 Å². The summed E-state index contributed by atoms with van der Waals surface area (Å²) in [5.74, 6) is 1.17. The Morgan fingerprint density at radius 3 is 2.29 bits per heavy atom. The van der Waals surface area contributed by atoms with Crippen molar-refractivity contribution in [1.82, 2.24) is 5.32 Å². The number of nitrogens with one attached hydrogen (secondary N) is 1. The van der Waals surface area contributed by atoms with Crippen LogP contribution in [0.15, 0.2) is 0 Å². The molecule has 3 heteroatoms. The largest absolute Gasteiger partial charge is 0.379 e. The fourth-order valence-electron chi connectivity index (χ4n) is 2.11. The smallest absolute Gasteiger partial charge is 0.0649 e. The third-order valence-corrected chi connectivity index (χ3v) is 4.42. The molecular formula is C11H23NOS. The number of hydrogen-bond donors (Lipinski definition) is 1. The Hall–Kier alpha value is 0.270. The van der Waals surface area contributed by atoms with E-state index < -0.39 is 0 Å². The molecule has 0 aromatic rings. The van der Waals surface area contributed by atoms with Gasteiger partial charge < -0.3 is 4.74 Å². The fourth-order valence-corrected chi connectivity index (χ4v) is 3.66. The molecule has 1 rings (SSSR count). The maximum absolute atomic E-state index is 5.48. The number of hydrogen-bond acceptors (Lipinski definition) is 3. The molecule has 84 valence electrons. The van der Waals surface area contributed by atoms with Crippen molar-refractivity contribution in [2.75, 3.05) is 12.9 Å². The molecule has 0 bridgehead atoms. The zero-order chi connectivity index (χ0) is 11.0. The van der Waals surface area contributed by atoms with Gasteiger partial charge in [-0.05, 0) is 34.6 Å². The van der Waals surface area contributed by atoms with Crippen LogP contribution in [-0.4, -0.2) is 28.9 Å². The molecule has 1 aliphatic rings. The van der Waals surface area contributed by atoms with Crippen LogP contribution >= 0.6 is 11.8 Å². The summed E-state index contributed by atoms with van der Waals surface area (Å²) in [6.07, 6.45) is 1.03. The van der Waals surface area contributed by atoms with Gasteiger partial charge >= 0.3 is 0 Å². The Morgan fingerprint density at radius 2 is 1.93 bits per heavy atom. The highest BCUT2D eigenvalue weighted by atomic mass is 32.2. The molecule has 0 radical (unpaired) electrons. The van der Waals surface area contributed by atoms with Crippen molar-refractivity contribution in [2.45, 2.75) is 57.1 Å². The van der Waals surface area contributed by atoms with Gasteiger partial charge in [0.05, 0.1) is 10.5 Å². The predicted molar refractivity (Wildman–Crippen MR) is 63.8 cm³/mol. The summed E-state index contributed by atoms with van der Waals surface area (Å²) in [6, 6.07) is 0. The second kappa shape index (κ2) is 3.69. The van der Waals surface area contributed by atoms with Crippen LogP contribution in [-0.2, 0) is 4.74 Å². The lowest BCUT2D eigenvalue weighted by molar-refractivity contribution is 0.00420. The maximum atomic E-state index is 5.48. The van der Waals surface area contributed by atoms with Crippen molar-refractivity contribution in [3.8, 4) is 0 Å². The van der Waals surface area contributed by atoms with Gasteiger partial charge in [0, 0.05) is 24.8 Å². The van der Waals surface area contributed by atoms with Crippen molar-refractivity contribution in [3.05, 3.63) is 0 Å². The van der Waals surface area contributed by atoms with E-state index >= 15 is 0 Å². The normalized spacial score (nSPS) is 32.1. The first-order valence-electron chi connectivity index (χ1n) is 5.17. The average Bonchev–Trinajstić information content (AvgIpc) is 2.24. The molecule has 1 N–H and O–H groups in total. The first-order valence-corrected chi connectivity index (χ1v) is 6.15. The van der Waals surface area contributed by atoms with Crippen molar-refractivity contribution < 1.29 is 4.74 Å². The molecule has 1 atom stereocenters. The summed E-state index contributed by atoms with van der Waals surface area (Å²) >= 11 is 2.00. The minimum absolute atomic E-state index is 0.0465. The summed E-state index contributed by atoms with van der Waals surface area (Å²) in [7, 11) is 1.79. The summed E-state index contributed by atoms with van der Waals surface area (Å²) < 4.78 is 5.48. The van der Waals surface area contributed by atoms with Crippen LogP contribution in [0.3, 0.4) is 0 Å². The Morgan fingerprint density at radius 1 is 1.36 bits per heavy atom.